The van der Waals surface area contributed by atoms with Crippen LogP contribution in [0.5, 0.6) is 11.5 Å². The summed E-state index contributed by atoms with van der Waals surface area (Å²) in [4.78, 5) is 12.0. The molecule has 1 amide bonds. The summed E-state index contributed by atoms with van der Waals surface area (Å²) in [5, 5.41) is 3.50. The topological polar surface area (TPSA) is 47.6 Å². The minimum absolute atomic E-state index is 0.0797. The number of hydrogen-bond donors (Lipinski definition) is 1. The fourth-order valence-electron chi connectivity index (χ4n) is 2.08. The summed E-state index contributed by atoms with van der Waals surface area (Å²) in [6.07, 6.45) is 0.256. The lowest BCUT2D eigenvalue weighted by molar-refractivity contribution is -0.121. The van der Waals surface area contributed by atoms with Crippen LogP contribution in [0, 0.1) is 0 Å². The van der Waals surface area contributed by atoms with E-state index in [-0.39, 0.29) is 18.4 Å². The maximum atomic E-state index is 12.0. The first-order valence-electron chi connectivity index (χ1n) is 7.38. The molecule has 122 valence electrons. The number of nitrogens with one attached hydrogen (secondary N) is 1. The number of ether oxygens (including phenoxy) is 2. The average Bonchev–Trinajstić information content (AvgIpc) is 2.55. The molecule has 4 nitrogen and oxygen atoms in total. The number of hydrogen-bond acceptors (Lipinski definition) is 3. The monoisotopic (exact) mass is 333 g/mol. The largest absolute Gasteiger partial charge is 0.497 e. The van der Waals surface area contributed by atoms with Crippen molar-refractivity contribution in [2.45, 2.75) is 19.4 Å². The zero-order chi connectivity index (χ0) is 16.7. The number of halogens is 1. The fraction of sp³-hybridized carbons (Fsp3) is 0.278. The smallest absolute Gasteiger partial charge is 0.224 e. The van der Waals surface area contributed by atoms with Gasteiger partial charge in [-0.1, -0.05) is 29.8 Å². The van der Waals surface area contributed by atoms with Crippen LogP contribution in [0.1, 0.15) is 12.5 Å². The lowest BCUT2D eigenvalue weighted by atomic mass is 10.1. The van der Waals surface area contributed by atoms with Gasteiger partial charge in [0.25, 0.3) is 0 Å². The van der Waals surface area contributed by atoms with Gasteiger partial charge in [0.05, 0.1) is 19.6 Å². The molecule has 23 heavy (non-hydrogen) atoms. The van der Waals surface area contributed by atoms with Crippen LogP contribution >= 0.6 is 11.6 Å². The van der Waals surface area contributed by atoms with Gasteiger partial charge in [-0.25, -0.2) is 0 Å². The van der Waals surface area contributed by atoms with Gasteiger partial charge in [0.2, 0.25) is 5.91 Å². The van der Waals surface area contributed by atoms with Crippen LogP contribution in [0.2, 0.25) is 5.02 Å². The minimum Gasteiger partial charge on any atom is -0.497 e. The lowest BCUT2D eigenvalue weighted by Gasteiger charge is -2.15. The molecule has 0 saturated heterocycles. The van der Waals surface area contributed by atoms with Crippen molar-refractivity contribution in [3.63, 3.8) is 0 Å². The van der Waals surface area contributed by atoms with E-state index in [0.29, 0.717) is 11.6 Å². The molecule has 0 aliphatic heterocycles. The number of rotatable bonds is 7. The predicted octanol–water partition coefficient (Wildman–Crippen LogP) is 3.47. The number of carbonyl (C=O) groups is 1. The lowest BCUT2D eigenvalue weighted by Crippen LogP contribution is -2.37. The van der Waals surface area contributed by atoms with Crippen molar-refractivity contribution in [2.24, 2.45) is 0 Å². The van der Waals surface area contributed by atoms with Crippen molar-refractivity contribution in [3.05, 3.63) is 59.1 Å². The molecule has 2 aromatic carbocycles. The highest BCUT2D eigenvalue weighted by Gasteiger charge is 2.10. The highest BCUT2D eigenvalue weighted by atomic mass is 35.5. The summed E-state index contributed by atoms with van der Waals surface area (Å²) in [7, 11) is 1.62. The summed E-state index contributed by atoms with van der Waals surface area (Å²) in [5.74, 6) is 1.43. The second-order valence-corrected chi connectivity index (χ2v) is 5.63. The van der Waals surface area contributed by atoms with Crippen LogP contribution in [-0.4, -0.2) is 25.7 Å². The summed E-state index contributed by atoms with van der Waals surface area (Å²) in [6.45, 7) is 2.29. The average molecular weight is 334 g/mol. The van der Waals surface area contributed by atoms with Crippen molar-refractivity contribution in [3.8, 4) is 11.5 Å². The van der Waals surface area contributed by atoms with Crippen LogP contribution in [0.25, 0.3) is 0 Å². The highest BCUT2D eigenvalue weighted by molar-refractivity contribution is 6.31. The normalized spacial score (nSPS) is 11.6. The van der Waals surface area contributed by atoms with Gasteiger partial charge < -0.3 is 14.8 Å². The number of amides is 1. The maximum absolute atomic E-state index is 12.0. The zero-order valence-electron chi connectivity index (χ0n) is 13.2. The van der Waals surface area contributed by atoms with Gasteiger partial charge in [0.15, 0.2) is 0 Å². The Labute approximate surface area is 141 Å². The minimum atomic E-state index is -0.105. The van der Waals surface area contributed by atoms with Crippen molar-refractivity contribution in [1.82, 2.24) is 5.32 Å². The standard InChI is InChI=1S/C18H20ClNO3/c1-13(12-23-16-9-7-15(22-2)8-10-16)20-18(21)11-14-5-3-4-6-17(14)19/h3-10,13H,11-12H2,1-2H3,(H,20,21)/t13-/m0/s1. The first kappa shape index (κ1) is 17.2. The fourth-order valence-corrected chi connectivity index (χ4v) is 2.28. The molecule has 0 aliphatic rings. The third-order valence-corrected chi connectivity index (χ3v) is 3.64. The summed E-state index contributed by atoms with van der Waals surface area (Å²) < 4.78 is 10.7. The molecular formula is C18H20ClNO3. The van der Waals surface area contributed by atoms with Crippen molar-refractivity contribution in [2.75, 3.05) is 13.7 Å². The molecule has 0 bridgehead atoms. The van der Waals surface area contributed by atoms with Crippen LogP contribution < -0.4 is 14.8 Å². The molecule has 0 aliphatic carbocycles. The molecule has 2 aromatic rings. The molecule has 0 spiro atoms. The van der Waals surface area contributed by atoms with Gasteiger partial charge in [0, 0.05) is 5.02 Å². The quantitative estimate of drug-likeness (QED) is 0.844. The van der Waals surface area contributed by atoms with E-state index < -0.39 is 0 Å². The Balaban J connectivity index is 1.78. The Morgan fingerprint density at radius 3 is 2.43 bits per heavy atom. The summed E-state index contributed by atoms with van der Waals surface area (Å²) in [5.41, 5.74) is 0.815. The molecule has 0 heterocycles. The van der Waals surface area contributed by atoms with Crippen LogP contribution in [0.3, 0.4) is 0 Å². The molecule has 1 N–H and O–H groups in total. The van der Waals surface area contributed by atoms with Crippen LogP contribution in [-0.2, 0) is 11.2 Å². The Bertz CT molecular complexity index is 643. The predicted molar refractivity (Wildman–Crippen MR) is 91.2 cm³/mol. The molecule has 0 saturated carbocycles. The number of benzene rings is 2. The van der Waals surface area contributed by atoms with Crippen LogP contribution in [0.4, 0.5) is 0 Å². The molecular weight excluding hydrogens is 314 g/mol. The van der Waals surface area contributed by atoms with Crippen molar-refractivity contribution in [1.29, 1.82) is 0 Å². The first-order valence-corrected chi connectivity index (χ1v) is 7.76. The highest BCUT2D eigenvalue weighted by Crippen LogP contribution is 2.17. The van der Waals surface area contributed by atoms with Gasteiger partial charge in [-0.3, -0.25) is 4.79 Å². The van der Waals surface area contributed by atoms with E-state index in [1.807, 2.05) is 49.4 Å². The van der Waals surface area contributed by atoms with Gasteiger partial charge in [-0.05, 0) is 42.8 Å². The van der Waals surface area contributed by atoms with E-state index in [0.717, 1.165) is 17.1 Å². The van der Waals surface area contributed by atoms with E-state index in [2.05, 4.69) is 5.32 Å². The Hall–Kier alpha value is -2.20. The molecule has 2 rings (SSSR count). The SMILES string of the molecule is COc1ccc(OC[C@H](C)NC(=O)Cc2ccccc2Cl)cc1. The molecule has 0 aromatic heterocycles. The van der Waals surface area contributed by atoms with Crippen molar-refractivity contribution >= 4 is 17.5 Å². The first-order chi connectivity index (χ1) is 11.1. The number of carbonyl (C=O) groups excluding carboxylic acids is 1. The molecule has 0 fully saturated rings. The van der Waals surface area contributed by atoms with Gasteiger partial charge in [-0.15, -0.1) is 0 Å². The molecule has 1 atom stereocenters. The van der Waals surface area contributed by atoms with Crippen molar-refractivity contribution < 1.29 is 14.3 Å². The third kappa shape index (κ3) is 5.49. The Morgan fingerprint density at radius 1 is 1.13 bits per heavy atom. The molecule has 0 radical (unpaired) electrons. The number of methoxy groups -OCH3 is 1. The van der Waals surface area contributed by atoms with Gasteiger partial charge in [0.1, 0.15) is 18.1 Å². The van der Waals surface area contributed by atoms with Crippen LogP contribution in [0.15, 0.2) is 48.5 Å². The maximum Gasteiger partial charge on any atom is 0.224 e. The second-order valence-electron chi connectivity index (χ2n) is 5.22. The van der Waals surface area contributed by atoms with E-state index in [1.165, 1.54) is 0 Å². The third-order valence-electron chi connectivity index (χ3n) is 3.28. The second kappa shape index (κ2) is 8.44. The van der Waals surface area contributed by atoms with E-state index in [4.69, 9.17) is 21.1 Å². The van der Waals surface area contributed by atoms with E-state index in [1.54, 1.807) is 13.2 Å². The van der Waals surface area contributed by atoms with Gasteiger partial charge in [-0.2, -0.15) is 0 Å². The molecule has 0 unspecified atom stereocenters. The Kier molecular flexibility index (Phi) is 6.29. The van der Waals surface area contributed by atoms with Gasteiger partial charge >= 0.3 is 0 Å². The molecule has 5 heteroatoms. The van der Waals surface area contributed by atoms with E-state index >= 15 is 0 Å². The Morgan fingerprint density at radius 2 is 1.78 bits per heavy atom. The zero-order valence-corrected chi connectivity index (χ0v) is 14.0. The summed E-state index contributed by atoms with van der Waals surface area (Å²) >= 11 is 6.06. The summed E-state index contributed by atoms with van der Waals surface area (Å²) in [6, 6.07) is 14.5. The van der Waals surface area contributed by atoms with E-state index in [9.17, 15) is 4.79 Å².